The van der Waals surface area contributed by atoms with Gasteiger partial charge in [-0.15, -0.1) is 0 Å². The zero-order chi connectivity index (χ0) is 22.2. The lowest BCUT2D eigenvalue weighted by Gasteiger charge is -2.15. The van der Waals surface area contributed by atoms with E-state index in [1.807, 2.05) is 24.3 Å². The summed E-state index contributed by atoms with van der Waals surface area (Å²) in [7, 11) is 0. The molecule has 1 aromatic heterocycles. The number of aromatic nitrogens is 1. The van der Waals surface area contributed by atoms with E-state index in [1.54, 1.807) is 11.0 Å². The number of nitrogens with one attached hydrogen (secondary N) is 1. The van der Waals surface area contributed by atoms with Crippen molar-refractivity contribution < 1.29 is 23.2 Å². The molecule has 2 aliphatic rings. The van der Waals surface area contributed by atoms with E-state index in [9.17, 15) is 14.0 Å². The summed E-state index contributed by atoms with van der Waals surface area (Å²) in [5.74, 6) is 0.161. The molecule has 2 amide bonds. The molecule has 1 N–H and O–H groups in total. The Balaban J connectivity index is 1.48. The summed E-state index contributed by atoms with van der Waals surface area (Å²) in [4.78, 5) is 25.2. The zero-order valence-electron chi connectivity index (χ0n) is 17.6. The van der Waals surface area contributed by atoms with Gasteiger partial charge in [0, 0.05) is 29.3 Å². The number of cyclic esters (lactones) is 1. The van der Waals surface area contributed by atoms with Gasteiger partial charge in [-0.3, -0.25) is 9.69 Å². The average molecular weight is 435 g/mol. The highest BCUT2D eigenvalue weighted by Gasteiger charge is 2.33. The second-order valence-electron chi connectivity index (χ2n) is 8.10. The molecule has 5 rings (SSSR count). The molecule has 1 atom stereocenters. The lowest BCUT2D eigenvalue weighted by Crippen LogP contribution is -2.33. The number of hydrogen-bond donors (Lipinski definition) is 1. The molecule has 8 heteroatoms. The molecule has 0 unspecified atom stereocenters. The van der Waals surface area contributed by atoms with E-state index in [0.29, 0.717) is 29.2 Å². The van der Waals surface area contributed by atoms with Gasteiger partial charge in [0.2, 0.25) is 5.91 Å². The molecule has 3 aromatic rings. The Morgan fingerprint density at radius 3 is 2.94 bits per heavy atom. The van der Waals surface area contributed by atoms with E-state index in [-0.39, 0.29) is 18.3 Å². The van der Waals surface area contributed by atoms with Gasteiger partial charge in [0.1, 0.15) is 17.6 Å². The summed E-state index contributed by atoms with van der Waals surface area (Å²) >= 11 is 0. The number of nitrogens with zero attached hydrogens (tertiary/aromatic N) is 2. The van der Waals surface area contributed by atoms with Gasteiger partial charge in [-0.1, -0.05) is 23.4 Å². The molecule has 1 aliphatic carbocycles. The van der Waals surface area contributed by atoms with Crippen molar-refractivity contribution in [3.05, 3.63) is 59.4 Å². The summed E-state index contributed by atoms with van der Waals surface area (Å²) in [6.45, 7) is 2.04. The number of rotatable bonds is 4. The minimum Gasteiger partial charge on any atom is -0.442 e. The van der Waals surface area contributed by atoms with Crippen molar-refractivity contribution in [3.8, 4) is 22.6 Å². The van der Waals surface area contributed by atoms with Crippen LogP contribution in [0.15, 0.2) is 47.0 Å². The molecule has 0 spiro atoms. The number of fused-ring (bicyclic) bond motifs is 3. The molecular weight excluding hydrogens is 413 g/mol. The molecule has 0 saturated carbocycles. The summed E-state index contributed by atoms with van der Waals surface area (Å²) in [5, 5.41) is 6.94. The predicted molar refractivity (Wildman–Crippen MR) is 116 cm³/mol. The fourth-order valence-corrected chi connectivity index (χ4v) is 4.33. The van der Waals surface area contributed by atoms with Crippen LogP contribution in [0.5, 0.6) is 0 Å². The summed E-state index contributed by atoms with van der Waals surface area (Å²) in [6.07, 6.45) is 1.67. The van der Waals surface area contributed by atoms with Gasteiger partial charge in [-0.2, -0.15) is 0 Å². The van der Waals surface area contributed by atoms with Crippen LogP contribution in [0.4, 0.5) is 14.9 Å². The molecule has 2 heterocycles. The number of ether oxygens (including phenoxy) is 1. The first-order chi connectivity index (χ1) is 15.5. The molecule has 32 heavy (non-hydrogen) atoms. The molecule has 7 nitrogen and oxygen atoms in total. The fraction of sp³-hybridized carbons (Fsp3) is 0.292. The van der Waals surface area contributed by atoms with Crippen molar-refractivity contribution >= 4 is 17.7 Å². The van der Waals surface area contributed by atoms with Crippen molar-refractivity contribution in [1.29, 1.82) is 0 Å². The Labute approximate surface area is 184 Å². The highest BCUT2D eigenvalue weighted by atomic mass is 19.1. The first-order valence-corrected chi connectivity index (χ1v) is 10.6. The van der Waals surface area contributed by atoms with E-state index in [4.69, 9.17) is 9.26 Å². The Morgan fingerprint density at radius 2 is 2.12 bits per heavy atom. The quantitative estimate of drug-likeness (QED) is 0.667. The van der Waals surface area contributed by atoms with E-state index < -0.39 is 12.2 Å². The molecule has 0 bridgehead atoms. The first kappa shape index (κ1) is 20.2. The number of aryl methyl sites for hydroxylation is 1. The molecule has 1 saturated heterocycles. The molecular formula is C24H22FN3O4. The monoisotopic (exact) mass is 435 g/mol. The van der Waals surface area contributed by atoms with Gasteiger partial charge in [-0.05, 0) is 49.1 Å². The lowest BCUT2D eigenvalue weighted by atomic mass is 9.99. The third kappa shape index (κ3) is 3.72. The SMILES string of the molecule is CC(=O)NC[C@H]1CN(c2ccc3c(c2)-c2onc(-c4cccc(F)c4)c2CCC3)C(=O)O1. The van der Waals surface area contributed by atoms with Crippen molar-refractivity contribution in [1.82, 2.24) is 10.5 Å². The van der Waals surface area contributed by atoms with Crippen LogP contribution in [0.2, 0.25) is 0 Å². The number of hydrogen-bond acceptors (Lipinski definition) is 5. The fourth-order valence-electron chi connectivity index (χ4n) is 4.33. The van der Waals surface area contributed by atoms with E-state index in [0.717, 1.165) is 36.0 Å². The summed E-state index contributed by atoms with van der Waals surface area (Å²) < 4.78 is 24.9. The third-order valence-electron chi connectivity index (χ3n) is 5.86. The Kier molecular flexibility index (Phi) is 5.13. The van der Waals surface area contributed by atoms with Crippen molar-refractivity contribution in [2.45, 2.75) is 32.3 Å². The van der Waals surface area contributed by atoms with Crippen LogP contribution < -0.4 is 10.2 Å². The van der Waals surface area contributed by atoms with E-state index in [1.165, 1.54) is 19.1 Å². The minimum atomic E-state index is -0.452. The van der Waals surface area contributed by atoms with Crippen LogP contribution >= 0.6 is 0 Å². The molecule has 164 valence electrons. The van der Waals surface area contributed by atoms with Gasteiger partial charge >= 0.3 is 6.09 Å². The van der Waals surface area contributed by atoms with Gasteiger partial charge in [0.15, 0.2) is 5.76 Å². The predicted octanol–water partition coefficient (Wildman–Crippen LogP) is 4.10. The largest absolute Gasteiger partial charge is 0.442 e. The van der Waals surface area contributed by atoms with Crippen LogP contribution in [0.25, 0.3) is 22.6 Å². The zero-order valence-corrected chi connectivity index (χ0v) is 17.6. The number of amides is 2. The van der Waals surface area contributed by atoms with Crippen molar-refractivity contribution in [2.75, 3.05) is 18.0 Å². The topological polar surface area (TPSA) is 84.7 Å². The van der Waals surface area contributed by atoms with Crippen LogP contribution in [-0.2, 0) is 22.4 Å². The van der Waals surface area contributed by atoms with E-state index in [2.05, 4.69) is 10.5 Å². The Hall–Kier alpha value is -3.68. The van der Waals surface area contributed by atoms with Gasteiger partial charge in [0.25, 0.3) is 0 Å². The molecule has 1 aliphatic heterocycles. The van der Waals surface area contributed by atoms with Crippen LogP contribution in [0, 0.1) is 5.82 Å². The standard InChI is InChI=1S/C24H22FN3O4/c1-14(29)26-12-19-13-28(24(30)31-19)18-9-8-15-4-3-7-20-22(16-5-2-6-17(25)10-16)27-32-23(20)21(15)11-18/h2,5-6,8-11,19H,3-4,7,12-13H2,1H3,(H,26,29)/t19-/m0/s1. The van der Waals surface area contributed by atoms with Gasteiger partial charge < -0.3 is 14.6 Å². The Morgan fingerprint density at radius 1 is 1.25 bits per heavy atom. The number of benzene rings is 2. The number of halogens is 1. The first-order valence-electron chi connectivity index (χ1n) is 10.6. The summed E-state index contributed by atoms with van der Waals surface area (Å²) in [5.41, 5.74) is 4.95. The molecule has 0 radical (unpaired) electrons. The maximum absolute atomic E-state index is 13.8. The number of carbonyl (C=O) groups excluding carboxylic acids is 2. The van der Waals surface area contributed by atoms with Crippen LogP contribution in [0.1, 0.15) is 24.5 Å². The number of anilines is 1. The summed E-state index contributed by atoms with van der Waals surface area (Å²) in [6, 6.07) is 12.1. The minimum absolute atomic E-state index is 0.170. The molecule has 2 aromatic carbocycles. The maximum atomic E-state index is 13.8. The van der Waals surface area contributed by atoms with E-state index >= 15 is 0 Å². The van der Waals surface area contributed by atoms with Gasteiger partial charge in [-0.25, -0.2) is 9.18 Å². The highest BCUT2D eigenvalue weighted by molar-refractivity contribution is 5.91. The second kappa shape index (κ2) is 8.11. The molecule has 1 fully saturated rings. The third-order valence-corrected chi connectivity index (χ3v) is 5.86. The average Bonchev–Trinajstić information content (AvgIpc) is 3.31. The van der Waals surface area contributed by atoms with Crippen LogP contribution in [-0.4, -0.2) is 36.4 Å². The lowest BCUT2D eigenvalue weighted by molar-refractivity contribution is -0.119. The number of carbonyl (C=O) groups is 2. The smallest absolute Gasteiger partial charge is 0.414 e. The van der Waals surface area contributed by atoms with Crippen LogP contribution in [0.3, 0.4) is 0 Å². The second-order valence-corrected chi connectivity index (χ2v) is 8.10. The van der Waals surface area contributed by atoms with Crippen molar-refractivity contribution in [3.63, 3.8) is 0 Å². The highest BCUT2D eigenvalue weighted by Crippen LogP contribution is 2.40. The maximum Gasteiger partial charge on any atom is 0.414 e. The van der Waals surface area contributed by atoms with Crippen molar-refractivity contribution in [2.24, 2.45) is 0 Å². The van der Waals surface area contributed by atoms with Gasteiger partial charge in [0.05, 0.1) is 13.1 Å². The Bertz CT molecular complexity index is 1210. The normalized spacial score (nSPS) is 17.4.